The van der Waals surface area contributed by atoms with Crippen LogP contribution in [0.3, 0.4) is 0 Å². The lowest BCUT2D eigenvalue weighted by atomic mass is 10.0. The molecule has 0 fully saturated rings. The van der Waals surface area contributed by atoms with Gasteiger partial charge in [0.2, 0.25) is 11.8 Å². The second-order valence-corrected chi connectivity index (χ2v) is 8.97. The van der Waals surface area contributed by atoms with Crippen LogP contribution in [0.4, 0.5) is 4.39 Å². The van der Waals surface area contributed by atoms with Crippen LogP contribution in [-0.4, -0.2) is 28.3 Å². The molecular weight excluding hydrogens is 426 g/mol. The van der Waals surface area contributed by atoms with Gasteiger partial charge in [-0.05, 0) is 51.0 Å². The average Bonchev–Trinajstić information content (AvgIpc) is 2.64. The summed E-state index contributed by atoms with van der Waals surface area (Å²) in [7, 11) is 0. The van der Waals surface area contributed by atoms with Crippen molar-refractivity contribution in [1.82, 2.24) is 10.2 Å². The van der Waals surface area contributed by atoms with Crippen molar-refractivity contribution in [3.05, 3.63) is 69.5 Å². The first-order valence-electron chi connectivity index (χ1n) is 9.81. The van der Waals surface area contributed by atoms with Gasteiger partial charge in [0.1, 0.15) is 11.9 Å². The number of benzene rings is 2. The van der Waals surface area contributed by atoms with E-state index in [4.69, 9.17) is 23.2 Å². The first-order chi connectivity index (χ1) is 14.0. The molecule has 162 valence electrons. The number of nitrogens with zero attached hydrogens (tertiary/aromatic N) is 1. The van der Waals surface area contributed by atoms with E-state index in [0.29, 0.717) is 17.0 Å². The lowest BCUT2D eigenvalue weighted by Crippen LogP contribution is -2.53. The minimum atomic E-state index is -0.737. The van der Waals surface area contributed by atoms with Crippen molar-refractivity contribution in [2.45, 2.75) is 58.7 Å². The number of rotatable bonds is 7. The zero-order valence-corrected chi connectivity index (χ0v) is 19.1. The monoisotopic (exact) mass is 452 g/mol. The third kappa shape index (κ3) is 6.44. The maximum atomic E-state index is 14.3. The molecule has 2 amide bonds. The number of hydrogen-bond acceptors (Lipinski definition) is 2. The third-order valence-corrected chi connectivity index (χ3v) is 5.30. The van der Waals surface area contributed by atoms with E-state index in [1.165, 1.54) is 23.1 Å². The Kier molecular flexibility index (Phi) is 8.27. The predicted molar refractivity (Wildman–Crippen MR) is 119 cm³/mol. The molecule has 2 aromatic carbocycles. The van der Waals surface area contributed by atoms with Crippen molar-refractivity contribution < 1.29 is 14.0 Å². The minimum Gasteiger partial charge on any atom is -0.350 e. The number of nitrogens with one attached hydrogen (secondary N) is 1. The van der Waals surface area contributed by atoms with Gasteiger partial charge >= 0.3 is 0 Å². The Morgan fingerprint density at radius 3 is 2.27 bits per heavy atom. The Labute approximate surface area is 187 Å². The van der Waals surface area contributed by atoms with Crippen LogP contribution in [0.15, 0.2) is 42.5 Å². The van der Waals surface area contributed by atoms with Crippen LogP contribution in [-0.2, 0) is 22.6 Å². The smallest absolute Gasteiger partial charge is 0.243 e. The molecule has 4 nitrogen and oxygen atoms in total. The van der Waals surface area contributed by atoms with Crippen LogP contribution < -0.4 is 5.32 Å². The standard InChI is InChI=1S/C23H27Cl2FN2O2/c1-5-20(22(30)27-23(2,3)4)28(14-15-9-6-7-10-17(15)24)21(29)13-16-18(25)11-8-12-19(16)26/h6-12,20H,5,13-14H2,1-4H3,(H,27,30)/t20-/m0/s1. The van der Waals surface area contributed by atoms with Gasteiger partial charge in [-0.25, -0.2) is 4.39 Å². The highest BCUT2D eigenvalue weighted by Gasteiger charge is 2.31. The first-order valence-corrected chi connectivity index (χ1v) is 10.6. The van der Waals surface area contributed by atoms with Crippen LogP contribution >= 0.6 is 23.2 Å². The van der Waals surface area contributed by atoms with E-state index in [0.717, 1.165) is 0 Å². The molecule has 0 saturated carbocycles. The fourth-order valence-corrected chi connectivity index (χ4v) is 3.56. The normalized spacial score (nSPS) is 12.4. The van der Waals surface area contributed by atoms with E-state index in [2.05, 4.69) is 5.32 Å². The molecule has 0 spiro atoms. The molecule has 0 aliphatic rings. The highest BCUT2D eigenvalue weighted by atomic mass is 35.5. The second-order valence-electron chi connectivity index (χ2n) is 8.15. The Hall–Kier alpha value is -2.11. The highest BCUT2D eigenvalue weighted by molar-refractivity contribution is 6.31. The second kappa shape index (κ2) is 10.3. The third-order valence-electron chi connectivity index (χ3n) is 4.57. The molecule has 2 rings (SSSR count). The van der Waals surface area contributed by atoms with Gasteiger partial charge in [-0.15, -0.1) is 0 Å². The molecule has 30 heavy (non-hydrogen) atoms. The first kappa shape index (κ1) is 24.2. The van der Waals surface area contributed by atoms with Crippen LogP contribution in [0.25, 0.3) is 0 Å². The highest BCUT2D eigenvalue weighted by Crippen LogP contribution is 2.24. The summed E-state index contributed by atoms with van der Waals surface area (Å²) in [5.74, 6) is -1.23. The Bertz CT molecular complexity index is 892. The van der Waals surface area contributed by atoms with Crippen molar-refractivity contribution in [3.8, 4) is 0 Å². The SMILES string of the molecule is CC[C@@H](C(=O)NC(C)(C)C)N(Cc1ccccc1Cl)C(=O)Cc1c(F)cccc1Cl. The van der Waals surface area contributed by atoms with E-state index in [1.54, 1.807) is 18.2 Å². The molecular formula is C23H27Cl2FN2O2. The molecule has 7 heteroatoms. The van der Waals surface area contributed by atoms with Crippen molar-refractivity contribution in [1.29, 1.82) is 0 Å². The van der Waals surface area contributed by atoms with Gasteiger partial charge in [0.15, 0.2) is 0 Å². The molecule has 0 aromatic heterocycles. The number of carbonyl (C=O) groups is 2. The lowest BCUT2D eigenvalue weighted by Gasteiger charge is -2.33. The fourth-order valence-electron chi connectivity index (χ4n) is 3.14. The molecule has 1 N–H and O–H groups in total. The topological polar surface area (TPSA) is 49.4 Å². The molecule has 2 aromatic rings. The number of halogens is 3. The quantitative estimate of drug-likeness (QED) is 0.611. The summed E-state index contributed by atoms with van der Waals surface area (Å²) in [4.78, 5) is 27.7. The van der Waals surface area contributed by atoms with Crippen LogP contribution in [0.2, 0.25) is 10.0 Å². The molecule has 0 heterocycles. The Balaban J connectivity index is 2.40. The number of amides is 2. The zero-order chi connectivity index (χ0) is 22.5. The Morgan fingerprint density at radius 1 is 1.07 bits per heavy atom. The molecule has 0 unspecified atom stereocenters. The molecule has 1 atom stereocenters. The van der Waals surface area contributed by atoms with E-state index in [9.17, 15) is 14.0 Å². The largest absolute Gasteiger partial charge is 0.350 e. The predicted octanol–water partition coefficient (Wildman–Crippen LogP) is 5.40. The van der Waals surface area contributed by atoms with Gasteiger partial charge in [-0.2, -0.15) is 0 Å². The average molecular weight is 453 g/mol. The summed E-state index contributed by atoms with van der Waals surface area (Å²) in [6, 6.07) is 10.7. The molecule has 0 aliphatic carbocycles. The summed E-state index contributed by atoms with van der Waals surface area (Å²) >= 11 is 12.4. The summed E-state index contributed by atoms with van der Waals surface area (Å²) in [6.45, 7) is 7.57. The molecule has 0 radical (unpaired) electrons. The van der Waals surface area contributed by atoms with Crippen molar-refractivity contribution in [3.63, 3.8) is 0 Å². The minimum absolute atomic E-state index is 0.111. The van der Waals surface area contributed by atoms with Crippen molar-refractivity contribution >= 4 is 35.0 Å². The van der Waals surface area contributed by atoms with E-state index in [-0.39, 0.29) is 29.5 Å². The summed E-state index contributed by atoms with van der Waals surface area (Å²) in [5, 5.41) is 3.59. The van der Waals surface area contributed by atoms with Crippen molar-refractivity contribution in [2.75, 3.05) is 0 Å². The summed E-state index contributed by atoms with van der Waals surface area (Å²) < 4.78 is 14.3. The van der Waals surface area contributed by atoms with Crippen molar-refractivity contribution in [2.24, 2.45) is 0 Å². The van der Waals surface area contributed by atoms with Crippen LogP contribution in [0.1, 0.15) is 45.2 Å². The Morgan fingerprint density at radius 2 is 1.70 bits per heavy atom. The van der Waals surface area contributed by atoms with Gasteiger partial charge in [-0.3, -0.25) is 9.59 Å². The van der Waals surface area contributed by atoms with Crippen LogP contribution in [0, 0.1) is 5.82 Å². The summed E-state index contributed by atoms with van der Waals surface area (Å²) in [6.07, 6.45) is 0.137. The molecule has 0 aliphatic heterocycles. The molecule has 0 saturated heterocycles. The maximum Gasteiger partial charge on any atom is 0.243 e. The fraction of sp³-hybridized carbons (Fsp3) is 0.391. The number of hydrogen-bond donors (Lipinski definition) is 1. The van der Waals surface area contributed by atoms with E-state index >= 15 is 0 Å². The van der Waals surface area contributed by atoms with Gasteiger partial charge in [0, 0.05) is 27.7 Å². The zero-order valence-electron chi connectivity index (χ0n) is 17.6. The summed E-state index contributed by atoms with van der Waals surface area (Å²) in [5.41, 5.74) is 0.354. The van der Waals surface area contributed by atoms with Gasteiger partial charge in [-0.1, -0.05) is 54.4 Å². The molecule has 0 bridgehead atoms. The number of carbonyl (C=O) groups excluding carboxylic acids is 2. The van der Waals surface area contributed by atoms with E-state index in [1.807, 2.05) is 33.8 Å². The van der Waals surface area contributed by atoms with Gasteiger partial charge < -0.3 is 10.2 Å². The van der Waals surface area contributed by atoms with Gasteiger partial charge in [0.05, 0.1) is 6.42 Å². The maximum absolute atomic E-state index is 14.3. The van der Waals surface area contributed by atoms with E-state index < -0.39 is 23.3 Å². The van der Waals surface area contributed by atoms with Crippen LogP contribution in [0.5, 0.6) is 0 Å². The van der Waals surface area contributed by atoms with Gasteiger partial charge in [0.25, 0.3) is 0 Å². The lowest BCUT2D eigenvalue weighted by molar-refractivity contribution is -0.141.